The standard InChI is InChI=1S/C20H32N2O4S/c1-16(2)26-19-10-12-20(13-11-19)27(24,25)21-14-15-22(17(3)23)18-8-6-4-5-7-9-18/h10-13,16,18,21H,4-9,14-15H2,1-3H3. The molecule has 0 radical (unpaired) electrons. The first-order valence-corrected chi connectivity index (χ1v) is 11.3. The Hall–Kier alpha value is -1.60. The van der Waals surface area contributed by atoms with Crippen LogP contribution in [-0.2, 0) is 14.8 Å². The zero-order valence-corrected chi connectivity index (χ0v) is 17.4. The van der Waals surface area contributed by atoms with Crippen LogP contribution >= 0.6 is 0 Å². The van der Waals surface area contributed by atoms with Crippen molar-refractivity contribution in [3.63, 3.8) is 0 Å². The van der Waals surface area contributed by atoms with E-state index >= 15 is 0 Å². The second kappa shape index (κ2) is 10.1. The summed E-state index contributed by atoms with van der Waals surface area (Å²) in [7, 11) is -3.61. The number of rotatable bonds is 8. The molecule has 0 unspecified atom stereocenters. The van der Waals surface area contributed by atoms with Crippen LogP contribution in [0, 0.1) is 0 Å². The first-order valence-electron chi connectivity index (χ1n) is 9.83. The summed E-state index contributed by atoms with van der Waals surface area (Å²) in [5.74, 6) is 0.649. The van der Waals surface area contributed by atoms with E-state index in [4.69, 9.17) is 4.74 Å². The van der Waals surface area contributed by atoms with Crippen LogP contribution < -0.4 is 9.46 Å². The van der Waals surface area contributed by atoms with Gasteiger partial charge < -0.3 is 9.64 Å². The van der Waals surface area contributed by atoms with E-state index < -0.39 is 10.0 Å². The molecule has 2 rings (SSSR count). The Bertz CT molecular complexity index is 693. The second-order valence-corrected chi connectivity index (χ2v) is 9.16. The van der Waals surface area contributed by atoms with Gasteiger partial charge in [0.05, 0.1) is 11.0 Å². The third kappa shape index (κ3) is 6.81. The van der Waals surface area contributed by atoms with Crippen molar-refractivity contribution in [2.45, 2.75) is 76.3 Å². The molecule has 1 aliphatic carbocycles. The SMILES string of the molecule is CC(=O)N(CCNS(=O)(=O)c1ccc(OC(C)C)cc1)C1CCCCCC1. The van der Waals surface area contributed by atoms with E-state index in [9.17, 15) is 13.2 Å². The number of sulfonamides is 1. The van der Waals surface area contributed by atoms with Crippen LogP contribution in [0.2, 0.25) is 0 Å². The van der Waals surface area contributed by atoms with E-state index in [1.54, 1.807) is 19.1 Å². The summed E-state index contributed by atoms with van der Waals surface area (Å²) in [6.45, 7) is 6.01. The molecule has 1 amide bonds. The Morgan fingerprint density at radius 2 is 1.74 bits per heavy atom. The fraction of sp³-hybridized carbons (Fsp3) is 0.650. The van der Waals surface area contributed by atoms with E-state index in [1.807, 2.05) is 18.7 Å². The third-order valence-electron chi connectivity index (χ3n) is 4.82. The van der Waals surface area contributed by atoms with Crippen LogP contribution in [0.3, 0.4) is 0 Å². The summed E-state index contributed by atoms with van der Waals surface area (Å²) in [4.78, 5) is 14.1. The molecule has 1 aliphatic rings. The van der Waals surface area contributed by atoms with Crippen LogP contribution in [0.15, 0.2) is 29.2 Å². The summed E-state index contributed by atoms with van der Waals surface area (Å²) >= 11 is 0. The number of hydrogen-bond acceptors (Lipinski definition) is 4. The lowest BCUT2D eigenvalue weighted by atomic mass is 10.1. The normalized spacial score (nSPS) is 16.1. The highest BCUT2D eigenvalue weighted by atomic mass is 32.2. The molecule has 0 aromatic heterocycles. The van der Waals surface area contributed by atoms with Gasteiger partial charge >= 0.3 is 0 Å². The molecular weight excluding hydrogens is 364 g/mol. The van der Waals surface area contributed by atoms with Gasteiger partial charge in [-0.05, 0) is 51.0 Å². The summed E-state index contributed by atoms with van der Waals surface area (Å²) in [5, 5.41) is 0. The van der Waals surface area contributed by atoms with Crippen LogP contribution in [0.4, 0.5) is 0 Å². The molecule has 152 valence electrons. The Kier molecular flexibility index (Phi) is 8.10. The highest BCUT2D eigenvalue weighted by Crippen LogP contribution is 2.22. The van der Waals surface area contributed by atoms with Gasteiger partial charge in [0.15, 0.2) is 0 Å². The number of amides is 1. The van der Waals surface area contributed by atoms with E-state index in [0.29, 0.717) is 12.3 Å². The second-order valence-electron chi connectivity index (χ2n) is 7.39. The van der Waals surface area contributed by atoms with E-state index in [-0.39, 0.29) is 29.5 Å². The number of benzene rings is 1. The molecular formula is C20H32N2O4S. The molecule has 6 nitrogen and oxygen atoms in total. The third-order valence-corrected chi connectivity index (χ3v) is 6.30. The molecule has 0 bridgehead atoms. The predicted octanol–water partition coefficient (Wildman–Crippen LogP) is 3.32. The zero-order valence-electron chi connectivity index (χ0n) is 16.6. The first kappa shape index (κ1) is 21.7. The number of ether oxygens (including phenoxy) is 1. The van der Waals surface area contributed by atoms with Crippen LogP contribution in [0.5, 0.6) is 5.75 Å². The van der Waals surface area contributed by atoms with Gasteiger partial charge in [0.2, 0.25) is 15.9 Å². The lowest BCUT2D eigenvalue weighted by molar-refractivity contribution is -0.131. The molecule has 1 N–H and O–H groups in total. The van der Waals surface area contributed by atoms with Crippen molar-refractivity contribution >= 4 is 15.9 Å². The van der Waals surface area contributed by atoms with Crippen molar-refractivity contribution in [1.29, 1.82) is 0 Å². The summed E-state index contributed by atoms with van der Waals surface area (Å²) in [6.07, 6.45) is 6.73. The largest absolute Gasteiger partial charge is 0.491 e. The van der Waals surface area contributed by atoms with Crippen molar-refractivity contribution in [1.82, 2.24) is 9.62 Å². The molecule has 7 heteroatoms. The Balaban J connectivity index is 1.93. The zero-order chi connectivity index (χ0) is 19.9. The quantitative estimate of drug-likeness (QED) is 0.684. The van der Waals surface area contributed by atoms with Gasteiger partial charge in [-0.2, -0.15) is 0 Å². The molecule has 1 aromatic rings. The van der Waals surface area contributed by atoms with Gasteiger partial charge in [-0.1, -0.05) is 25.7 Å². The first-order chi connectivity index (χ1) is 12.8. The molecule has 0 aliphatic heterocycles. The molecule has 27 heavy (non-hydrogen) atoms. The van der Waals surface area contributed by atoms with Crippen LogP contribution in [0.25, 0.3) is 0 Å². The Labute approximate surface area is 163 Å². The average molecular weight is 397 g/mol. The van der Waals surface area contributed by atoms with Gasteiger partial charge in [-0.3, -0.25) is 4.79 Å². The number of carbonyl (C=O) groups excluding carboxylic acids is 1. The predicted molar refractivity (Wildman–Crippen MR) is 106 cm³/mol. The summed E-state index contributed by atoms with van der Waals surface area (Å²) in [5.41, 5.74) is 0. The fourth-order valence-corrected chi connectivity index (χ4v) is 4.54. The number of hydrogen-bond donors (Lipinski definition) is 1. The van der Waals surface area contributed by atoms with Gasteiger partial charge in [0.25, 0.3) is 0 Å². The maximum Gasteiger partial charge on any atom is 0.240 e. The highest BCUT2D eigenvalue weighted by molar-refractivity contribution is 7.89. The van der Waals surface area contributed by atoms with Crippen molar-refractivity contribution in [2.24, 2.45) is 0 Å². The van der Waals surface area contributed by atoms with Crippen LogP contribution in [-0.4, -0.2) is 44.5 Å². The van der Waals surface area contributed by atoms with E-state index in [1.165, 1.54) is 25.0 Å². The fourth-order valence-electron chi connectivity index (χ4n) is 3.52. The van der Waals surface area contributed by atoms with Gasteiger partial charge in [0.1, 0.15) is 5.75 Å². The maximum atomic E-state index is 12.5. The average Bonchev–Trinajstić information content (AvgIpc) is 2.87. The molecule has 1 aromatic carbocycles. The van der Waals surface area contributed by atoms with E-state index in [2.05, 4.69) is 4.72 Å². The minimum absolute atomic E-state index is 0.0104. The minimum atomic E-state index is -3.61. The number of nitrogens with one attached hydrogen (secondary N) is 1. The number of carbonyl (C=O) groups is 1. The van der Waals surface area contributed by atoms with E-state index in [0.717, 1.165) is 25.7 Å². The van der Waals surface area contributed by atoms with Crippen molar-refractivity contribution < 1.29 is 17.9 Å². The molecule has 0 saturated heterocycles. The van der Waals surface area contributed by atoms with Crippen molar-refractivity contribution in [3.05, 3.63) is 24.3 Å². The van der Waals surface area contributed by atoms with Gasteiger partial charge in [-0.25, -0.2) is 13.1 Å². The van der Waals surface area contributed by atoms with Crippen LogP contribution in [0.1, 0.15) is 59.3 Å². The monoisotopic (exact) mass is 396 g/mol. The van der Waals surface area contributed by atoms with Gasteiger partial charge in [0, 0.05) is 26.1 Å². The molecule has 1 saturated carbocycles. The Morgan fingerprint density at radius 3 is 2.26 bits per heavy atom. The number of nitrogens with zero attached hydrogens (tertiary/aromatic N) is 1. The maximum absolute atomic E-state index is 12.5. The van der Waals surface area contributed by atoms with Crippen molar-refractivity contribution in [3.8, 4) is 5.75 Å². The molecule has 1 fully saturated rings. The molecule has 0 heterocycles. The molecule has 0 atom stereocenters. The topological polar surface area (TPSA) is 75.7 Å². The minimum Gasteiger partial charge on any atom is -0.491 e. The van der Waals surface area contributed by atoms with Crippen molar-refractivity contribution in [2.75, 3.05) is 13.1 Å². The molecule has 0 spiro atoms. The Morgan fingerprint density at radius 1 is 1.15 bits per heavy atom. The lowest BCUT2D eigenvalue weighted by Gasteiger charge is -2.30. The summed E-state index contributed by atoms with van der Waals surface area (Å²) in [6, 6.07) is 6.61. The van der Waals surface area contributed by atoms with Gasteiger partial charge in [-0.15, -0.1) is 0 Å². The summed E-state index contributed by atoms with van der Waals surface area (Å²) < 4.78 is 33.1. The lowest BCUT2D eigenvalue weighted by Crippen LogP contribution is -2.43. The smallest absolute Gasteiger partial charge is 0.240 e. The highest BCUT2D eigenvalue weighted by Gasteiger charge is 2.23.